The molecule has 1 aromatic heterocycles. The first-order chi connectivity index (χ1) is 10.1. The fourth-order valence-corrected chi connectivity index (χ4v) is 3.40. The standard InChI is InChI=1S/C16H12BrNO2S/c1-2-18-13-6-5-10(17)8-11(13)12(16(18)20)9-14(19)15-4-3-7-21-15/h3-9H,2H2,1H3. The molecule has 0 bridgehead atoms. The SMILES string of the molecule is CCN1C(=O)C(=CC(=O)c2cccs2)c2cc(Br)ccc21. The van der Waals surface area contributed by atoms with E-state index in [0.29, 0.717) is 17.0 Å². The number of ketones is 1. The smallest absolute Gasteiger partial charge is 0.259 e. The van der Waals surface area contributed by atoms with E-state index in [1.54, 1.807) is 11.0 Å². The number of hydrogen-bond donors (Lipinski definition) is 0. The summed E-state index contributed by atoms with van der Waals surface area (Å²) in [6, 6.07) is 9.28. The predicted octanol–water partition coefficient (Wildman–Crippen LogP) is 4.14. The number of rotatable bonds is 3. The van der Waals surface area contributed by atoms with Crippen molar-refractivity contribution >= 4 is 50.2 Å². The van der Waals surface area contributed by atoms with Crippen LogP contribution in [0.25, 0.3) is 5.57 Å². The summed E-state index contributed by atoms with van der Waals surface area (Å²) in [7, 11) is 0. The zero-order valence-electron chi connectivity index (χ0n) is 11.3. The third-order valence-electron chi connectivity index (χ3n) is 3.37. The number of anilines is 1. The fourth-order valence-electron chi connectivity index (χ4n) is 2.40. The largest absolute Gasteiger partial charge is 0.308 e. The maximum atomic E-state index is 12.5. The minimum Gasteiger partial charge on any atom is -0.308 e. The number of likely N-dealkylation sites (N-methyl/N-ethyl adjacent to an activating group) is 1. The van der Waals surface area contributed by atoms with Gasteiger partial charge in [0.05, 0.1) is 16.1 Å². The van der Waals surface area contributed by atoms with E-state index in [1.165, 1.54) is 17.4 Å². The summed E-state index contributed by atoms with van der Waals surface area (Å²) >= 11 is 4.80. The second-order valence-electron chi connectivity index (χ2n) is 4.61. The fraction of sp³-hybridized carbons (Fsp3) is 0.125. The van der Waals surface area contributed by atoms with Crippen LogP contribution < -0.4 is 4.90 Å². The van der Waals surface area contributed by atoms with E-state index in [9.17, 15) is 9.59 Å². The van der Waals surface area contributed by atoms with Gasteiger partial charge in [0, 0.05) is 22.7 Å². The van der Waals surface area contributed by atoms with E-state index in [4.69, 9.17) is 0 Å². The Bertz CT molecular complexity index is 750. The highest BCUT2D eigenvalue weighted by Crippen LogP contribution is 2.38. The normalized spacial score (nSPS) is 15.6. The van der Waals surface area contributed by atoms with Crippen LogP contribution >= 0.6 is 27.3 Å². The second kappa shape index (κ2) is 5.58. The van der Waals surface area contributed by atoms with Crippen molar-refractivity contribution in [3.63, 3.8) is 0 Å². The van der Waals surface area contributed by atoms with Crippen LogP contribution in [0.5, 0.6) is 0 Å². The number of carbonyl (C=O) groups excluding carboxylic acids is 2. The molecular weight excluding hydrogens is 350 g/mol. The first-order valence-electron chi connectivity index (χ1n) is 6.53. The molecule has 1 aromatic carbocycles. The Hall–Kier alpha value is -1.72. The Labute approximate surface area is 135 Å². The van der Waals surface area contributed by atoms with Gasteiger partial charge in [0.2, 0.25) is 0 Å². The molecule has 0 saturated carbocycles. The van der Waals surface area contributed by atoms with Crippen molar-refractivity contribution < 1.29 is 9.59 Å². The van der Waals surface area contributed by atoms with Crippen LogP contribution in [0.1, 0.15) is 22.2 Å². The molecule has 5 heteroatoms. The van der Waals surface area contributed by atoms with E-state index in [1.807, 2.05) is 36.6 Å². The van der Waals surface area contributed by atoms with Crippen LogP contribution in [0, 0.1) is 0 Å². The van der Waals surface area contributed by atoms with Crippen molar-refractivity contribution in [2.75, 3.05) is 11.4 Å². The van der Waals surface area contributed by atoms with Gasteiger partial charge in [-0.25, -0.2) is 0 Å². The Balaban J connectivity index is 2.09. The Morgan fingerprint density at radius 3 is 2.86 bits per heavy atom. The molecule has 0 unspecified atom stereocenters. The number of halogens is 1. The van der Waals surface area contributed by atoms with Gasteiger partial charge in [-0.15, -0.1) is 11.3 Å². The average molecular weight is 362 g/mol. The molecular formula is C16H12BrNO2S. The van der Waals surface area contributed by atoms with Crippen LogP contribution in [-0.4, -0.2) is 18.2 Å². The monoisotopic (exact) mass is 361 g/mol. The van der Waals surface area contributed by atoms with E-state index >= 15 is 0 Å². The molecule has 21 heavy (non-hydrogen) atoms. The van der Waals surface area contributed by atoms with Gasteiger partial charge in [-0.3, -0.25) is 9.59 Å². The summed E-state index contributed by atoms with van der Waals surface area (Å²) in [5.41, 5.74) is 2.13. The lowest BCUT2D eigenvalue weighted by atomic mass is 10.1. The first-order valence-corrected chi connectivity index (χ1v) is 8.20. The van der Waals surface area contributed by atoms with Crippen molar-refractivity contribution in [2.24, 2.45) is 0 Å². The van der Waals surface area contributed by atoms with Crippen molar-refractivity contribution in [3.8, 4) is 0 Å². The molecule has 0 atom stereocenters. The number of carbonyl (C=O) groups is 2. The van der Waals surface area contributed by atoms with Gasteiger partial charge in [-0.1, -0.05) is 22.0 Å². The highest BCUT2D eigenvalue weighted by Gasteiger charge is 2.32. The minimum atomic E-state index is -0.128. The highest BCUT2D eigenvalue weighted by atomic mass is 79.9. The van der Waals surface area contributed by atoms with Crippen molar-refractivity contribution in [1.82, 2.24) is 0 Å². The topological polar surface area (TPSA) is 37.4 Å². The molecule has 0 spiro atoms. The van der Waals surface area contributed by atoms with Crippen molar-refractivity contribution in [1.29, 1.82) is 0 Å². The molecule has 1 amide bonds. The molecule has 2 heterocycles. The number of hydrogen-bond acceptors (Lipinski definition) is 3. The molecule has 3 nitrogen and oxygen atoms in total. The molecule has 1 aliphatic heterocycles. The Morgan fingerprint density at radius 2 is 2.19 bits per heavy atom. The molecule has 0 saturated heterocycles. The van der Waals surface area contributed by atoms with Gasteiger partial charge < -0.3 is 4.90 Å². The quantitative estimate of drug-likeness (QED) is 0.608. The lowest BCUT2D eigenvalue weighted by Gasteiger charge is -2.13. The Morgan fingerprint density at radius 1 is 1.38 bits per heavy atom. The second-order valence-corrected chi connectivity index (χ2v) is 6.47. The summed E-state index contributed by atoms with van der Waals surface area (Å²) in [6.45, 7) is 2.51. The molecule has 1 aliphatic rings. The summed E-state index contributed by atoms with van der Waals surface area (Å²) in [5.74, 6) is -0.243. The molecule has 0 fully saturated rings. The van der Waals surface area contributed by atoms with Gasteiger partial charge in [0.1, 0.15) is 0 Å². The number of nitrogens with zero attached hydrogens (tertiary/aromatic N) is 1. The van der Waals surface area contributed by atoms with Gasteiger partial charge in [-0.2, -0.15) is 0 Å². The number of amides is 1. The van der Waals surface area contributed by atoms with Gasteiger partial charge >= 0.3 is 0 Å². The van der Waals surface area contributed by atoms with Crippen LogP contribution in [0.2, 0.25) is 0 Å². The molecule has 0 N–H and O–H groups in total. The summed E-state index contributed by atoms with van der Waals surface area (Å²) in [6.07, 6.45) is 1.45. The molecule has 2 aromatic rings. The van der Waals surface area contributed by atoms with Gasteiger partial charge in [0.15, 0.2) is 5.78 Å². The average Bonchev–Trinajstić information content (AvgIpc) is 3.07. The summed E-state index contributed by atoms with van der Waals surface area (Å²) in [4.78, 5) is 27.1. The third kappa shape index (κ3) is 2.47. The molecule has 106 valence electrons. The lowest BCUT2D eigenvalue weighted by Crippen LogP contribution is -2.25. The number of thiophene rings is 1. The first kappa shape index (κ1) is 14.2. The summed E-state index contributed by atoms with van der Waals surface area (Å²) in [5, 5.41) is 1.85. The van der Waals surface area contributed by atoms with E-state index < -0.39 is 0 Å². The zero-order chi connectivity index (χ0) is 15.0. The summed E-state index contributed by atoms with van der Waals surface area (Å²) < 4.78 is 0.890. The predicted molar refractivity (Wildman–Crippen MR) is 88.8 cm³/mol. The molecule has 0 aliphatic carbocycles. The Kier molecular flexibility index (Phi) is 3.78. The van der Waals surface area contributed by atoms with E-state index in [2.05, 4.69) is 15.9 Å². The van der Waals surface area contributed by atoms with Crippen molar-refractivity contribution in [3.05, 3.63) is 56.7 Å². The maximum Gasteiger partial charge on any atom is 0.259 e. The van der Waals surface area contributed by atoms with E-state index in [-0.39, 0.29) is 11.7 Å². The van der Waals surface area contributed by atoms with Crippen LogP contribution in [0.4, 0.5) is 5.69 Å². The maximum absolute atomic E-state index is 12.5. The zero-order valence-corrected chi connectivity index (χ0v) is 13.7. The van der Waals surface area contributed by atoms with E-state index in [0.717, 1.165) is 15.7 Å². The third-order valence-corrected chi connectivity index (χ3v) is 4.75. The number of benzene rings is 1. The van der Waals surface area contributed by atoms with Crippen molar-refractivity contribution in [2.45, 2.75) is 6.92 Å². The highest BCUT2D eigenvalue weighted by molar-refractivity contribution is 9.10. The van der Waals surface area contributed by atoms with Crippen LogP contribution in [0.3, 0.4) is 0 Å². The van der Waals surface area contributed by atoms with Crippen LogP contribution in [-0.2, 0) is 4.79 Å². The molecule has 3 rings (SSSR count). The molecule has 0 radical (unpaired) electrons. The van der Waals surface area contributed by atoms with Crippen LogP contribution in [0.15, 0.2) is 46.3 Å². The minimum absolute atomic E-state index is 0.115. The number of fused-ring (bicyclic) bond motifs is 1. The van der Waals surface area contributed by atoms with Gasteiger partial charge in [0.25, 0.3) is 5.91 Å². The lowest BCUT2D eigenvalue weighted by molar-refractivity contribution is -0.113. The number of allylic oxidation sites excluding steroid dienone is 1. The van der Waals surface area contributed by atoms with Gasteiger partial charge in [-0.05, 0) is 36.6 Å².